The third kappa shape index (κ3) is 6.24. The molecule has 2 amide bonds. The van der Waals surface area contributed by atoms with Gasteiger partial charge in [0.05, 0.1) is 0 Å². The van der Waals surface area contributed by atoms with Crippen LogP contribution in [0.5, 0.6) is 0 Å². The van der Waals surface area contributed by atoms with Gasteiger partial charge in [0.2, 0.25) is 11.8 Å². The first-order valence-electron chi connectivity index (χ1n) is 7.67. The lowest BCUT2D eigenvalue weighted by atomic mass is 9.94. The summed E-state index contributed by atoms with van der Waals surface area (Å²) in [6, 6.07) is 3.22. The van der Waals surface area contributed by atoms with E-state index in [-0.39, 0.29) is 11.8 Å². The fourth-order valence-electron chi connectivity index (χ4n) is 1.89. The summed E-state index contributed by atoms with van der Waals surface area (Å²) in [6.45, 7) is 9.98. The molecule has 22 heavy (non-hydrogen) atoms. The number of pyridine rings is 1. The molecule has 0 unspecified atom stereocenters. The van der Waals surface area contributed by atoms with Crippen LogP contribution < -0.4 is 10.6 Å². The van der Waals surface area contributed by atoms with Gasteiger partial charge >= 0.3 is 0 Å². The van der Waals surface area contributed by atoms with Gasteiger partial charge in [0, 0.05) is 24.4 Å². The molecule has 0 aliphatic heterocycles. The van der Waals surface area contributed by atoms with Crippen LogP contribution in [0, 0.1) is 11.3 Å². The van der Waals surface area contributed by atoms with Crippen LogP contribution in [0.25, 0.3) is 0 Å². The molecule has 0 fully saturated rings. The summed E-state index contributed by atoms with van der Waals surface area (Å²) >= 11 is 0. The molecule has 0 radical (unpaired) electrons. The minimum Gasteiger partial charge on any atom is -0.350 e. The third-order valence-electron chi connectivity index (χ3n) is 3.20. The predicted molar refractivity (Wildman–Crippen MR) is 86.9 cm³/mol. The highest BCUT2D eigenvalue weighted by molar-refractivity contribution is 5.89. The normalized spacial score (nSPS) is 12.8. The summed E-state index contributed by atoms with van der Waals surface area (Å²) < 4.78 is 0. The Morgan fingerprint density at radius 1 is 1.27 bits per heavy atom. The summed E-state index contributed by atoms with van der Waals surface area (Å²) in [6.07, 6.45) is 4.02. The molecule has 1 aromatic rings. The second-order valence-corrected chi connectivity index (χ2v) is 6.98. The molecule has 0 spiro atoms. The highest BCUT2D eigenvalue weighted by Gasteiger charge is 2.27. The number of carbonyl (C=O) groups excluding carboxylic acids is 2. The standard InChI is InChI=1S/C17H27N3O2/c1-12(2)9-14(20-16(22)17(3,4)5)15(21)19-11-13-7-6-8-18-10-13/h6-8,10,12,14H,9,11H2,1-5H3,(H,19,21)(H,20,22)/t14-/m0/s1. The van der Waals surface area contributed by atoms with E-state index in [4.69, 9.17) is 0 Å². The molecule has 0 bridgehead atoms. The fourth-order valence-corrected chi connectivity index (χ4v) is 1.89. The average Bonchev–Trinajstić information content (AvgIpc) is 2.43. The Morgan fingerprint density at radius 3 is 2.45 bits per heavy atom. The maximum absolute atomic E-state index is 12.4. The fraction of sp³-hybridized carbons (Fsp3) is 0.588. The molecular weight excluding hydrogens is 278 g/mol. The molecule has 1 atom stereocenters. The number of hydrogen-bond acceptors (Lipinski definition) is 3. The first-order valence-corrected chi connectivity index (χ1v) is 7.67. The molecule has 2 N–H and O–H groups in total. The maximum Gasteiger partial charge on any atom is 0.242 e. The molecule has 5 heteroatoms. The van der Waals surface area contributed by atoms with E-state index in [1.54, 1.807) is 12.4 Å². The van der Waals surface area contributed by atoms with Crippen LogP contribution in [0.4, 0.5) is 0 Å². The van der Waals surface area contributed by atoms with E-state index < -0.39 is 11.5 Å². The van der Waals surface area contributed by atoms with E-state index >= 15 is 0 Å². The Morgan fingerprint density at radius 2 is 1.95 bits per heavy atom. The molecule has 0 aromatic carbocycles. The predicted octanol–water partition coefficient (Wildman–Crippen LogP) is 2.27. The van der Waals surface area contributed by atoms with Gasteiger partial charge < -0.3 is 10.6 Å². The van der Waals surface area contributed by atoms with Gasteiger partial charge in [0.15, 0.2) is 0 Å². The van der Waals surface area contributed by atoms with Gasteiger partial charge in [0.1, 0.15) is 6.04 Å². The van der Waals surface area contributed by atoms with E-state index in [9.17, 15) is 9.59 Å². The lowest BCUT2D eigenvalue weighted by Gasteiger charge is -2.25. The second-order valence-electron chi connectivity index (χ2n) is 6.98. The average molecular weight is 305 g/mol. The van der Waals surface area contributed by atoms with Gasteiger partial charge in [-0.15, -0.1) is 0 Å². The van der Waals surface area contributed by atoms with Crippen LogP contribution >= 0.6 is 0 Å². The number of hydrogen-bond donors (Lipinski definition) is 2. The largest absolute Gasteiger partial charge is 0.350 e. The van der Waals surface area contributed by atoms with Gasteiger partial charge in [-0.2, -0.15) is 0 Å². The van der Waals surface area contributed by atoms with Crippen molar-refractivity contribution in [1.29, 1.82) is 0 Å². The van der Waals surface area contributed by atoms with Crippen molar-refractivity contribution < 1.29 is 9.59 Å². The molecule has 0 aliphatic carbocycles. The number of nitrogens with zero attached hydrogens (tertiary/aromatic N) is 1. The Balaban J connectivity index is 2.66. The Bertz CT molecular complexity index is 492. The number of aromatic nitrogens is 1. The topological polar surface area (TPSA) is 71.1 Å². The van der Waals surface area contributed by atoms with Crippen LogP contribution in [0.3, 0.4) is 0 Å². The van der Waals surface area contributed by atoms with E-state index in [0.29, 0.717) is 18.9 Å². The van der Waals surface area contributed by atoms with Crippen molar-refractivity contribution in [2.24, 2.45) is 11.3 Å². The van der Waals surface area contributed by atoms with Crippen molar-refractivity contribution in [1.82, 2.24) is 15.6 Å². The molecule has 1 rings (SSSR count). The molecule has 0 saturated carbocycles. The van der Waals surface area contributed by atoms with E-state index in [2.05, 4.69) is 15.6 Å². The van der Waals surface area contributed by atoms with Crippen LogP contribution in [0.2, 0.25) is 0 Å². The van der Waals surface area contributed by atoms with Crippen molar-refractivity contribution in [3.05, 3.63) is 30.1 Å². The summed E-state index contributed by atoms with van der Waals surface area (Å²) in [5.41, 5.74) is 0.417. The minimum atomic E-state index is -0.515. The molecule has 0 saturated heterocycles. The SMILES string of the molecule is CC(C)C[C@H](NC(=O)C(C)(C)C)C(=O)NCc1cccnc1. The number of carbonyl (C=O) groups is 2. The maximum atomic E-state index is 12.4. The summed E-state index contributed by atoms with van der Waals surface area (Å²) in [5.74, 6) is 0.0410. The Labute approximate surface area is 132 Å². The van der Waals surface area contributed by atoms with Crippen LogP contribution in [0.15, 0.2) is 24.5 Å². The van der Waals surface area contributed by atoms with Crippen molar-refractivity contribution in [2.45, 2.75) is 53.6 Å². The molecule has 1 heterocycles. The highest BCUT2D eigenvalue weighted by atomic mass is 16.2. The van der Waals surface area contributed by atoms with E-state index in [1.807, 2.05) is 46.8 Å². The quantitative estimate of drug-likeness (QED) is 0.847. The zero-order valence-electron chi connectivity index (χ0n) is 14.1. The van der Waals surface area contributed by atoms with Crippen LogP contribution in [0.1, 0.15) is 46.6 Å². The molecule has 0 aliphatic rings. The summed E-state index contributed by atoms with van der Waals surface area (Å²) in [4.78, 5) is 28.5. The van der Waals surface area contributed by atoms with E-state index in [1.165, 1.54) is 0 Å². The molecular formula is C17H27N3O2. The van der Waals surface area contributed by atoms with E-state index in [0.717, 1.165) is 5.56 Å². The zero-order valence-corrected chi connectivity index (χ0v) is 14.1. The highest BCUT2D eigenvalue weighted by Crippen LogP contribution is 2.14. The number of nitrogens with one attached hydrogen (secondary N) is 2. The third-order valence-corrected chi connectivity index (χ3v) is 3.20. The van der Waals surface area contributed by atoms with Crippen LogP contribution in [-0.2, 0) is 16.1 Å². The van der Waals surface area contributed by atoms with Crippen LogP contribution in [-0.4, -0.2) is 22.8 Å². The molecule has 122 valence electrons. The monoisotopic (exact) mass is 305 g/mol. The minimum absolute atomic E-state index is 0.116. The summed E-state index contributed by atoms with van der Waals surface area (Å²) in [7, 11) is 0. The lowest BCUT2D eigenvalue weighted by molar-refractivity contribution is -0.133. The first-order chi connectivity index (χ1) is 10.2. The van der Waals surface area contributed by atoms with Gasteiger partial charge in [0.25, 0.3) is 0 Å². The second kappa shape index (κ2) is 7.92. The number of rotatable bonds is 6. The Kier molecular flexibility index (Phi) is 6.53. The lowest BCUT2D eigenvalue weighted by Crippen LogP contribution is -2.50. The van der Waals surface area contributed by atoms with Gasteiger partial charge in [-0.3, -0.25) is 14.6 Å². The van der Waals surface area contributed by atoms with Crippen molar-refractivity contribution >= 4 is 11.8 Å². The molecule has 1 aromatic heterocycles. The first kappa shape index (κ1) is 18.1. The van der Waals surface area contributed by atoms with Crippen molar-refractivity contribution in [3.8, 4) is 0 Å². The Hall–Kier alpha value is -1.91. The van der Waals surface area contributed by atoms with Gasteiger partial charge in [-0.05, 0) is 24.0 Å². The number of amides is 2. The smallest absolute Gasteiger partial charge is 0.242 e. The summed E-state index contributed by atoms with van der Waals surface area (Å²) in [5, 5.41) is 5.73. The zero-order chi connectivity index (χ0) is 16.8. The molecule has 5 nitrogen and oxygen atoms in total. The van der Waals surface area contributed by atoms with Gasteiger partial charge in [-0.1, -0.05) is 40.7 Å². The van der Waals surface area contributed by atoms with Gasteiger partial charge in [-0.25, -0.2) is 0 Å². The van der Waals surface area contributed by atoms with Crippen molar-refractivity contribution in [2.75, 3.05) is 0 Å². The van der Waals surface area contributed by atoms with Crippen molar-refractivity contribution in [3.63, 3.8) is 0 Å².